The van der Waals surface area contributed by atoms with Crippen molar-refractivity contribution < 1.29 is 0 Å². The number of hydrogen-bond acceptors (Lipinski definition) is 3. The van der Waals surface area contributed by atoms with Crippen LogP contribution in [0.4, 0.5) is 5.13 Å². The summed E-state index contributed by atoms with van der Waals surface area (Å²) in [5.74, 6) is 0. The Labute approximate surface area is 116 Å². The smallest absolute Gasteiger partial charge is 0.180 e. The maximum Gasteiger partial charge on any atom is 0.180 e. The molecule has 0 bridgehead atoms. The van der Waals surface area contributed by atoms with E-state index in [1.165, 1.54) is 28.4 Å². The topological polar surface area (TPSA) is 43.8 Å². The highest BCUT2D eigenvalue weighted by molar-refractivity contribution is 7.13. The van der Waals surface area contributed by atoms with E-state index in [-0.39, 0.29) is 0 Å². The predicted molar refractivity (Wildman–Crippen MR) is 80.8 cm³/mol. The molecule has 2 N–H and O–H groups in total. The fourth-order valence-electron chi connectivity index (χ4n) is 2.41. The molecule has 0 aliphatic carbocycles. The van der Waals surface area contributed by atoms with Crippen molar-refractivity contribution in [3.63, 3.8) is 0 Å². The highest BCUT2D eigenvalue weighted by Gasteiger charge is 2.13. The van der Waals surface area contributed by atoms with Crippen molar-refractivity contribution in [2.75, 3.05) is 5.73 Å². The molecule has 0 saturated heterocycles. The number of nitrogen functional groups attached to an aromatic ring is 1. The van der Waals surface area contributed by atoms with Crippen LogP contribution in [-0.4, -0.2) is 9.55 Å². The van der Waals surface area contributed by atoms with Crippen LogP contribution >= 0.6 is 11.3 Å². The standard InChI is InChI=1S/C15H15N3S/c1-10-8-13(14-9-19-15(16)17-14)11(2)18(10)12-6-4-3-5-7-12/h3-9H,1-2H3,(H2,16,17). The molecule has 1 aromatic carbocycles. The van der Waals surface area contributed by atoms with Crippen LogP contribution in [0.5, 0.6) is 0 Å². The first kappa shape index (κ1) is 12.0. The predicted octanol–water partition coefficient (Wildman–Crippen LogP) is 3.80. The Morgan fingerprint density at radius 3 is 2.53 bits per heavy atom. The van der Waals surface area contributed by atoms with Crippen molar-refractivity contribution in [1.82, 2.24) is 9.55 Å². The molecule has 0 saturated carbocycles. The van der Waals surface area contributed by atoms with Gasteiger partial charge in [0, 0.05) is 28.0 Å². The van der Waals surface area contributed by atoms with Gasteiger partial charge in [-0.1, -0.05) is 18.2 Å². The van der Waals surface area contributed by atoms with Crippen molar-refractivity contribution in [3.05, 3.63) is 53.2 Å². The van der Waals surface area contributed by atoms with Crippen LogP contribution in [0.1, 0.15) is 11.4 Å². The van der Waals surface area contributed by atoms with Crippen LogP contribution in [0, 0.1) is 13.8 Å². The van der Waals surface area contributed by atoms with E-state index in [1.807, 2.05) is 11.4 Å². The van der Waals surface area contributed by atoms with Crippen molar-refractivity contribution in [2.24, 2.45) is 0 Å². The molecule has 0 amide bonds. The summed E-state index contributed by atoms with van der Waals surface area (Å²) >= 11 is 1.48. The molecule has 3 nitrogen and oxygen atoms in total. The van der Waals surface area contributed by atoms with Crippen LogP contribution in [0.15, 0.2) is 41.8 Å². The molecule has 96 valence electrons. The highest BCUT2D eigenvalue weighted by Crippen LogP contribution is 2.30. The Kier molecular flexibility index (Phi) is 2.87. The van der Waals surface area contributed by atoms with E-state index in [2.05, 4.69) is 53.7 Å². The average molecular weight is 269 g/mol. The summed E-state index contributed by atoms with van der Waals surface area (Å²) < 4.78 is 2.24. The largest absolute Gasteiger partial charge is 0.375 e. The maximum absolute atomic E-state index is 5.72. The molecular weight excluding hydrogens is 254 g/mol. The van der Waals surface area contributed by atoms with Gasteiger partial charge in [0.1, 0.15) is 0 Å². The van der Waals surface area contributed by atoms with Gasteiger partial charge in [0.05, 0.1) is 5.69 Å². The lowest BCUT2D eigenvalue weighted by atomic mass is 10.2. The Bertz CT molecular complexity index is 710. The minimum atomic E-state index is 0.611. The van der Waals surface area contributed by atoms with E-state index >= 15 is 0 Å². The van der Waals surface area contributed by atoms with E-state index < -0.39 is 0 Å². The van der Waals surface area contributed by atoms with E-state index in [4.69, 9.17) is 5.73 Å². The van der Waals surface area contributed by atoms with Crippen molar-refractivity contribution in [2.45, 2.75) is 13.8 Å². The van der Waals surface area contributed by atoms with Crippen molar-refractivity contribution in [3.8, 4) is 16.9 Å². The molecule has 0 aliphatic heterocycles. The van der Waals surface area contributed by atoms with Gasteiger partial charge in [0.25, 0.3) is 0 Å². The quantitative estimate of drug-likeness (QED) is 0.769. The molecule has 2 aromatic heterocycles. The van der Waals surface area contributed by atoms with Crippen LogP contribution in [0.3, 0.4) is 0 Å². The summed E-state index contributed by atoms with van der Waals surface area (Å²) in [6.45, 7) is 4.23. The van der Waals surface area contributed by atoms with E-state index in [0.717, 1.165) is 11.3 Å². The lowest BCUT2D eigenvalue weighted by Gasteiger charge is -2.09. The second-order valence-electron chi connectivity index (χ2n) is 4.53. The minimum Gasteiger partial charge on any atom is -0.375 e. The summed E-state index contributed by atoms with van der Waals surface area (Å²) in [7, 11) is 0. The monoisotopic (exact) mass is 269 g/mol. The second-order valence-corrected chi connectivity index (χ2v) is 5.42. The molecule has 3 rings (SSSR count). The third kappa shape index (κ3) is 2.04. The fourth-order valence-corrected chi connectivity index (χ4v) is 2.97. The number of nitrogens with two attached hydrogens (primary N) is 1. The lowest BCUT2D eigenvalue weighted by Crippen LogP contribution is -1.98. The number of anilines is 1. The van der Waals surface area contributed by atoms with Gasteiger partial charge in [-0.05, 0) is 32.0 Å². The van der Waals surface area contributed by atoms with Crippen molar-refractivity contribution in [1.29, 1.82) is 0 Å². The first-order valence-corrected chi connectivity index (χ1v) is 7.00. The summed E-state index contributed by atoms with van der Waals surface area (Å²) in [5, 5.41) is 2.62. The molecule has 0 atom stereocenters. The van der Waals surface area contributed by atoms with Gasteiger partial charge in [-0.2, -0.15) is 0 Å². The number of rotatable bonds is 2. The zero-order chi connectivity index (χ0) is 13.4. The number of benzene rings is 1. The van der Waals surface area contributed by atoms with Gasteiger partial charge in [0.2, 0.25) is 0 Å². The van der Waals surface area contributed by atoms with Gasteiger partial charge in [-0.15, -0.1) is 11.3 Å². The molecule has 4 heteroatoms. The van der Waals surface area contributed by atoms with Crippen LogP contribution in [-0.2, 0) is 0 Å². The van der Waals surface area contributed by atoms with E-state index in [9.17, 15) is 0 Å². The van der Waals surface area contributed by atoms with Gasteiger partial charge in [0.15, 0.2) is 5.13 Å². The summed E-state index contributed by atoms with van der Waals surface area (Å²) in [6.07, 6.45) is 0. The Balaban J connectivity index is 2.16. The molecule has 0 spiro atoms. The third-order valence-corrected chi connectivity index (χ3v) is 3.92. The molecule has 19 heavy (non-hydrogen) atoms. The first-order chi connectivity index (χ1) is 9.16. The molecule has 0 radical (unpaired) electrons. The molecule has 2 heterocycles. The maximum atomic E-state index is 5.72. The average Bonchev–Trinajstić information content (AvgIpc) is 2.95. The Morgan fingerprint density at radius 2 is 1.89 bits per heavy atom. The molecule has 0 unspecified atom stereocenters. The Hall–Kier alpha value is -2.07. The second kappa shape index (κ2) is 4.55. The van der Waals surface area contributed by atoms with Gasteiger partial charge < -0.3 is 10.3 Å². The zero-order valence-corrected chi connectivity index (χ0v) is 11.7. The van der Waals surface area contributed by atoms with E-state index in [0.29, 0.717) is 5.13 Å². The number of aryl methyl sites for hydroxylation is 1. The Morgan fingerprint density at radius 1 is 1.16 bits per heavy atom. The molecular formula is C15H15N3S. The third-order valence-electron chi connectivity index (χ3n) is 3.24. The summed E-state index contributed by atoms with van der Waals surface area (Å²) in [4.78, 5) is 4.37. The van der Waals surface area contributed by atoms with Gasteiger partial charge in [-0.25, -0.2) is 4.98 Å². The van der Waals surface area contributed by atoms with E-state index in [1.54, 1.807) is 0 Å². The van der Waals surface area contributed by atoms with Crippen LogP contribution in [0.2, 0.25) is 0 Å². The number of hydrogen-bond donors (Lipinski definition) is 1. The SMILES string of the molecule is Cc1cc(-c2csc(N)n2)c(C)n1-c1ccccc1. The molecule has 3 aromatic rings. The number of para-hydroxylation sites is 1. The van der Waals surface area contributed by atoms with Crippen LogP contribution in [0.25, 0.3) is 16.9 Å². The number of thiazole rings is 1. The normalized spacial score (nSPS) is 10.8. The molecule has 0 aliphatic rings. The number of nitrogens with zero attached hydrogens (tertiary/aromatic N) is 2. The minimum absolute atomic E-state index is 0.611. The highest BCUT2D eigenvalue weighted by atomic mass is 32.1. The first-order valence-electron chi connectivity index (χ1n) is 6.12. The summed E-state index contributed by atoms with van der Waals surface area (Å²) in [6, 6.07) is 12.5. The summed E-state index contributed by atoms with van der Waals surface area (Å²) in [5.41, 5.74) is 11.4. The number of aromatic nitrogens is 2. The van der Waals surface area contributed by atoms with Crippen LogP contribution < -0.4 is 5.73 Å². The lowest BCUT2D eigenvalue weighted by molar-refractivity contribution is 0.966. The van der Waals surface area contributed by atoms with Gasteiger partial charge >= 0.3 is 0 Å². The molecule has 0 fully saturated rings. The van der Waals surface area contributed by atoms with Crippen molar-refractivity contribution >= 4 is 16.5 Å². The zero-order valence-electron chi connectivity index (χ0n) is 10.9. The van der Waals surface area contributed by atoms with Gasteiger partial charge in [-0.3, -0.25) is 0 Å². The fraction of sp³-hybridized carbons (Fsp3) is 0.133.